The predicted octanol–water partition coefficient (Wildman–Crippen LogP) is 2.72. The van der Waals surface area contributed by atoms with E-state index in [0.717, 1.165) is 13.1 Å². The number of methoxy groups -OCH3 is 1. The Bertz CT molecular complexity index is 344. The maximum absolute atomic E-state index is 5.20. The maximum Gasteiger partial charge on any atom is 0.0716 e. The van der Waals surface area contributed by atoms with Gasteiger partial charge in [0.25, 0.3) is 0 Å². The molecule has 0 saturated heterocycles. The molecule has 2 heteroatoms. The van der Waals surface area contributed by atoms with E-state index in [1.807, 2.05) is 0 Å². The Hall–Kier alpha value is -0.860. The minimum Gasteiger partial charge on any atom is -0.380 e. The molecule has 0 amide bonds. The molecule has 0 aliphatic heterocycles. The second-order valence-corrected chi connectivity index (χ2v) is 5.12. The van der Waals surface area contributed by atoms with Gasteiger partial charge in [-0.05, 0) is 29.4 Å². The Morgan fingerprint density at radius 2 is 1.94 bits per heavy atom. The quantitative estimate of drug-likeness (QED) is 0.794. The van der Waals surface area contributed by atoms with E-state index < -0.39 is 0 Å². The maximum atomic E-state index is 5.20. The molecule has 1 saturated carbocycles. The van der Waals surface area contributed by atoms with Crippen LogP contribution in [0.5, 0.6) is 0 Å². The van der Waals surface area contributed by atoms with E-state index in [4.69, 9.17) is 4.74 Å². The molecule has 1 aliphatic rings. The standard InChI is InChI=1S/C14H21NO/c1-14(7-8-14)11-15-9-12-5-3-4-6-13(12)10-16-2/h3-6,15H,7-11H2,1-2H3. The Balaban J connectivity index is 1.87. The molecule has 0 heterocycles. The fraction of sp³-hybridized carbons (Fsp3) is 0.571. The summed E-state index contributed by atoms with van der Waals surface area (Å²) in [6, 6.07) is 8.48. The van der Waals surface area contributed by atoms with Crippen LogP contribution in [-0.4, -0.2) is 13.7 Å². The molecule has 88 valence electrons. The van der Waals surface area contributed by atoms with Gasteiger partial charge in [0.15, 0.2) is 0 Å². The third-order valence-corrected chi connectivity index (χ3v) is 3.39. The van der Waals surface area contributed by atoms with Gasteiger partial charge >= 0.3 is 0 Å². The number of hydrogen-bond donors (Lipinski definition) is 1. The number of hydrogen-bond acceptors (Lipinski definition) is 2. The molecule has 0 atom stereocenters. The van der Waals surface area contributed by atoms with E-state index in [0.29, 0.717) is 12.0 Å². The van der Waals surface area contributed by atoms with Crippen molar-refractivity contribution in [1.82, 2.24) is 5.32 Å². The van der Waals surface area contributed by atoms with Gasteiger partial charge in [-0.2, -0.15) is 0 Å². The summed E-state index contributed by atoms with van der Waals surface area (Å²) in [7, 11) is 1.75. The van der Waals surface area contributed by atoms with E-state index in [1.54, 1.807) is 7.11 Å². The lowest BCUT2D eigenvalue weighted by molar-refractivity contribution is 0.184. The number of benzene rings is 1. The summed E-state index contributed by atoms with van der Waals surface area (Å²) < 4.78 is 5.20. The smallest absolute Gasteiger partial charge is 0.0716 e. The molecule has 0 aromatic heterocycles. The Labute approximate surface area is 98.0 Å². The summed E-state index contributed by atoms with van der Waals surface area (Å²) in [5.74, 6) is 0. The van der Waals surface area contributed by atoms with Crippen molar-refractivity contribution in [3.05, 3.63) is 35.4 Å². The second kappa shape index (κ2) is 4.98. The Morgan fingerprint density at radius 1 is 1.25 bits per heavy atom. The van der Waals surface area contributed by atoms with Crippen LogP contribution in [0.25, 0.3) is 0 Å². The molecule has 2 nitrogen and oxygen atoms in total. The first kappa shape index (κ1) is 11.6. The highest BCUT2D eigenvalue weighted by Gasteiger charge is 2.36. The topological polar surface area (TPSA) is 21.3 Å². The number of rotatable bonds is 6. The SMILES string of the molecule is COCc1ccccc1CNCC1(C)CC1. The lowest BCUT2D eigenvalue weighted by atomic mass is 10.1. The minimum atomic E-state index is 0.580. The molecule has 2 rings (SSSR count). The van der Waals surface area contributed by atoms with Gasteiger partial charge in [-0.15, -0.1) is 0 Å². The molecule has 1 aromatic rings. The van der Waals surface area contributed by atoms with Gasteiger partial charge in [-0.1, -0.05) is 31.2 Å². The normalized spacial score (nSPS) is 17.4. The van der Waals surface area contributed by atoms with Crippen molar-refractivity contribution in [3.63, 3.8) is 0 Å². The van der Waals surface area contributed by atoms with E-state index in [2.05, 4.69) is 36.5 Å². The fourth-order valence-corrected chi connectivity index (χ4v) is 1.92. The Kier molecular flexibility index (Phi) is 3.62. The molecule has 16 heavy (non-hydrogen) atoms. The van der Waals surface area contributed by atoms with Gasteiger partial charge in [0.05, 0.1) is 6.61 Å². The first-order valence-electron chi connectivity index (χ1n) is 6.00. The molecule has 1 fully saturated rings. The van der Waals surface area contributed by atoms with Crippen molar-refractivity contribution in [1.29, 1.82) is 0 Å². The van der Waals surface area contributed by atoms with Crippen molar-refractivity contribution < 1.29 is 4.74 Å². The van der Waals surface area contributed by atoms with Crippen LogP contribution in [0.2, 0.25) is 0 Å². The second-order valence-electron chi connectivity index (χ2n) is 5.12. The van der Waals surface area contributed by atoms with Crippen LogP contribution in [0.1, 0.15) is 30.9 Å². The van der Waals surface area contributed by atoms with Crippen molar-refractivity contribution in [2.75, 3.05) is 13.7 Å². The highest BCUT2D eigenvalue weighted by atomic mass is 16.5. The van der Waals surface area contributed by atoms with Crippen molar-refractivity contribution in [2.24, 2.45) is 5.41 Å². The summed E-state index contributed by atoms with van der Waals surface area (Å²) in [5.41, 5.74) is 3.22. The monoisotopic (exact) mass is 219 g/mol. The van der Waals surface area contributed by atoms with Crippen molar-refractivity contribution in [3.8, 4) is 0 Å². The van der Waals surface area contributed by atoms with Gasteiger partial charge in [-0.25, -0.2) is 0 Å². The summed E-state index contributed by atoms with van der Waals surface area (Å²) in [6.45, 7) is 5.14. The van der Waals surface area contributed by atoms with Gasteiger partial charge in [0.1, 0.15) is 0 Å². The molecule has 0 radical (unpaired) electrons. The summed E-state index contributed by atoms with van der Waals surface area (Å²) in [4.78, 5) is 0. The van der Waals surface area contributed by atoms with Crippen LogP contribution >= 0.6 is 0 Å². The molecule has 1 aliphatic carbocycles. The average molecular weight is 219 g/mol. The molecule has 0 bridgehead atoms. The largest absolute Gasteiger partial charge is 0.380 e. The fourth-order valence-electron chi connectivity index (χ4n) is 1.92. The summed E-state index contributed by atoms with van der Waals surface area (Å²) in [5, 5.41) is 3.55. The van der Waals surface area contributed by atoms with Gasteiger partial charge in [-0.3, -0.25) is 0 Å². The predicted molar refractivity (Wildman–Crippen MR) is 66.2 cm³/mol. The molecule has 1 N–H and O–H groups in total. The summed E-state index contributed by atoms with van der Waals surface area (Å²) in [6.07, 6.45) is 2.75. The van der Waals surface area contributed by atoms with E-state index in [1.165, 1.54) is 24.0 Å². The van der Waals surface area contributed by atoms with E-state index >= 15 is 0 Å². The minimum absolute atomic E-state index is 0.580. The molecule has 0 unspecified atom stereocenters. The third-order valence-electron chi connectivity index (χ3n) is 3.39. The highest BCUT2D eigenvalue weighted by Crippen LogP contribution is 2.44. The number of nitrogens with one attached hydrogen (secondary N) is 1. The average Bonchev–Trinajstić information content (AvgIpc) is 3.00. The first-order valence-corrected chi connectivity index (χ1v) is 6.00. The first-order chi connectivity index (χ1) is 7.73. The molecular weight excluding hydrogens is 198 g/mol. The van der Waals surface area contributed by atoms with Crippen LogP contribution in [0.3, 0.4) is 0 Å². The lowest BCUT2D eigenvalue weighted by Crippen LogP contribution is -2.22. The van der Waals surface area contributed by atoms with Gasteiger partial charge in [0.2, 0.25) is 0 Å². The van der Waals surface area contributed by atoms with E-state index in [9.17, 15) is 0 Å². The molecule has 1 aromatic carbocycles. The zero-order valence-electron chi connectivity index (χ0n) is 10.3. The molecule has 0 spiro atoms. The lowest BCUT2D eigenvalue weighted by Gasteiger charge is -2.12. The van der Waals surface area contributed by atoms with Crippen molar-refractivity contribution >= 4 is 0 Å². The highest BCUT2D eigenvalue weighted by molar-refractivity contribution is 5.26. The number of ether oxygens (including phenoxy) is 1. The van der Waals surface area contributed by atoms with Crippen LogP contribution in [0.15, 0.2) is 24.3 Å². The van der Waals surface area contributed by atoms with Gasteiger partial charge < -0.3 is 10.1 Å². The summed E-state index contributed by atoms with van der Waals surface area (Å²) >= 11 is 0. The van der Waals surface area contributed by atoms with Gasteiger partial charge in [0, 0.05) is 20.2 Å². The van der Waals surface area contributed by atoms with Crippen molar-refractivity contribution in [2.45, 2.75) is 32.9 Å². The van der Waals surface area contributed by atoms with Crippen LogP contribution in [0.4, 0.5) is 0 Å². The van der Waals surface area contributed by atoms with Crippen LogP contribution in [-0.2, 0) is 17.9 Å². The van der Waals surface area contributed by atoms with E-state index in [-0.39, 0.29) is 0 Å². The van der Waals surface area contributed by atoms with Crippen LogP contribution in [0, 0.1) is 5.41 Å². The van der Waals surface area contributed by atoms with Crippen LogP contribution < -0.4 is 5.32 Å². The third kappa shape index (κ3) is 3.06. The Morgan fingerprint density at radius 3 is 2.56 bits per heavy atom. The molecular formula is C14H21NO. The zero-order chi connectivity index (χ0) is 11.4. The zero-order valence-corrected chi connectivity index (χ0v) is 10.3.